The molecule has 21 heavy (non-hydrogen) atoms. The fourth-order valence-electron chi connectivity index (χ4n) is 2.22. The molecule has 1 aromatic carbocycles. The summed E-state index contributed by atoms with van der Waals surface area (Å²) in [5.74, 6) is 0. The minimum Gasteiger partial charge on any atom is -0.319 e. The van der Waals surface area contributed by atoms with Crippen molar-refractivity contribution in [2.75, 3.05) is 13.6 Å². The SMILES string of the molecule is CNCCc1sc(-c2ccn(C)n2)nc1-c1ccccc1. The molecule has 3 aromatic rings. The van der Waals surface area contributed by atoms with Gasteiger partial charge in [-0.2, -0.15) is 5.10 Å². The summed E-state index contributed by atoms with van der Waals surface area (Å²) in [7, 11) is 3.90. The van der Waals surface area contributed by atoms with Crippen LogP contribution in [0.3, 0.4) is 0 Å². The van der Waals surface area contributed by atoms with E-state index in [1.54, 1.807) is 11.3 Å². The first-order chi connectivity index (χ1) is 10.3. The fourth-order valence-corrected chi connectivity index (χ4v) is 3.27. The summed E-state index contributed by atoms with van der Waals surface area (Å²) in [4.78, 5) is 6.13. The third-order valence-electron chi connectivity index (χ3n) is 3.28. The Kier molecular flexibility index (Phi) is 4.13. The molecule has 0 atom stereocenters. The summed E-state index contributed by atoms with van der Waals surface area (Å²) >= 11 is 1.73. The van der Waals surface area contributed by atoms with Crippen molar-refractivity contribution in [3.63, 3.8) is 0 Å². The number of benzene rings is 1. The molecule has 0 saturated carbocycles. The lowest BCUT2D eigenvalue weighted by atomic mass is 10.1. The second-order valence-electron chi connectivity index (χ2n) is 4.89. The van der Waals surface area contributed by atoms with E-state index in [0.29, 0.717) is 0 Å². The van der Waals surface area contributed by atoms with Gasteiger partial charge in [-0.3, -0.25) is 4.68 Å². The number of hydrogen-bond donors (Lipinski definition) is 1. The molecule has 2 aromatic heterocycles. The fraction of sp³-hybridized carbons (Fsp3) is 0.250. The van der Waals surface area contributed by atoms with Crippen LogP contribution in [0, 0.1) is 0 Å². The molecule has 0 saturated heterocycles. The number of rotatable bonds is 5. The van der Waals surface area contributed by atoms with E-state index in [1.807, 2.05) is 37.1 Å². The smallest absolute Gasteiger partial charge is 0.144 e. The maximum atomic E-state index is 4.83. The van der Waals surface area contributed by atoms with Crippen LogP contribution in [0.15, 0.2) is 42.6 Å². The summed E-state index contributed by atoms with van der Waals surface area (Å²) in [6.45, 7) is 0.948. The van der Waals surface area contributed by atoms with Gasteiger partial charge in [-0.05, 0) is 26.1 Å². The lowest BCUT2D eigenvalue weighted by molar-refractivity contribution is 0.770. The van der Waals surface area contributed by atoms with Gasteiger partial charge < -0.3 is 5.32 Å². The zero-order chi connectivity index (χ0) is 14.7. The molecule has 0 fully saturated rings. The van der Waals surface area contributed by atoms with Crippen LogP contribution in [0.2, 0.25) is 0 Å². The molecule has 3 rings (SSSR count). The Labute approximate surface area is 128 Å². The van der Waals surface area contributed by atoms with E-state index in [-0.39, 0.29) is 0 Å². The van der Waals surface area contributed by atoms with Crippen molar-refractivity contribution in [1.29, 1.82) is 0 Å². The van der Waals surface area contributed by atoms with Crippen LogP contribution in [-0.4, -0.2) is 28.4 Å². The minimum atomic E-state index is 0.940. The highest BCUT2D eigenvalue weighted by Gasteiger charge is 2.15. The van der Waals surface area contributed by atoms with Crippen LogP contribution in [0.4, 0.5) is 0 Å². The molecule has 0 spiro atoms. The van der Waals surface area contributed by atoms with E-state index in [9.17, 15) is 0 Å². The normalized spacial score (nSPS) is 11.0. The number of hydrogen-bond acceptors (Lipinski definition) is 4. The third kappa shape index (κ3) is 3.04. The van der Waals surface area contributed by atoms with E-state index >= 15 is 0 Å². The molecule has 5 heteroatoms. The Balaban J connectivity index is 2.03. The average molecular weight is 298 g/mol. The molecule has 108 valence electrons. The Bertz CT molecular complexity index is 715. The van der Waals surface area contributed by atoms with Gasteiger partial charge in [0.1, 0.15) is 10.7 Å². The van der Waals surface area contributed by atoms with E-state index in [2.05, 4.69) is 34.7 Å². The molecule has 4 nitrogen and oxygen atoms in total. The van der Waals surface area contributed by atoms with Gasteiger partial charge in [0, 0.05) is 23.7 Å². The molecule has 0 aliphatic carbocycles. The van der Waals surface area contributed by atoms with Crippen LogP contribution < -0.4 is 5.32 Å². The van der Waals surface area contributed by atoms with Crippen molar-refractivity contribution < 1.29 is 0 Å². The van der Waals surface area contributed by atoms with Gasteiger partial charge in [-0.25, -0.2) is 4.98 Å². The van der Waals surface area contributed by atoms with Crippen molar-refractivity contribution in [3.05, 3.63) is 47.5 Å². The molecule has 0 aliphatic heterocycles. The number of thiazole rings is 1. The van der Waals surface area contributed by atoms with Gasteiger partial charge in [0.05, 0.1) is 5.69 Å². The summed E-state index contributed by atoms with van der Waals surface area (Å²) in [6.07, 6.45) is 2.93. The van der Waals surface area contributed by atoms with E-state index in [0.717, 1.165) is 29.4 Å². The van der Waals surface area contributed by atoms with Gasteiger partial charge in [0.25, 0.3) is 0 Å². The predicted molar refractivity (Wildman–Crippen MR) is 87.4 cm³/mol. The largest absolute Gasteiger partial charge is 0.319 e. The highest BCUT2D eigenvalue weighted by molar-refractivity contribution is 7.15. The predicted octanol–water partition coefficient (Wildman–Crippen LogP) is 2.97. The van der Waals surface area contributed by atoms with Gasteiger partial charge in [-0.1, -0.05) is 30.3 Å². The summed E-state index contributed by atoms with van der Waals surface area (Å²) < 4.78 is 1.81. The maximum Gasteiger partial charge on any atom is 0.144 e. The number of nitrogens with one attached hydrogen (secondary N) is 1. The summed E-state index contributed by atoms with van der Waals surface area (Å²) in [5.41, 5.74) is 3.19. The van der Waals surface area contributed by atoms with Crippen LogP contribution >= 0.6 is 11.3 Å². The lowest BCUT2D eigenvalue weighted by Gasteiger charge is -2.01. The molecule has 2 heterocycles. The molecular weight excluding hydrogens is 280 g/mol. The van der Waals surface area contributed by atoms with Crippen molar-refractivity contribution in [3.8, 4) is 22.0 Å². The lowest BCUT2D eigenvalue weighted by Crippen LogP contribution is -2.09. The van der Waals surface area contributed by atoms with E-state index in [1.165, 1.54) is 10.4 Å². The minimum absolute atomic E-state index is 0.940. The number of nitrogens with zero attached hydrogens (tertiary/aromatic N) is 3. The Morgan fingerprint density at radius 3 is 2.67 bits per heavy atom. The highest BCUT2D eigenvalue weighted by Crippen LogP contribution is 2.33. The third-order valence-corrected chi connectivity index (χ3v) is 4.42. The van der Waals surface area contributed by atoms with E-state index < -0.39 is 0 Å². The first-order valence-corrected chi connectivity index (χ1v) is 7.79. The van der Waals surface area contributed by atoms with Gasteiger partial charge in [-0.15, -0.1) is 11.3 Å². The molecular formula is C16H18N4S. The zero-order valence-electron chi connectivity index (χ0n) is 12.2. The molecule has 0 amide bonds. The van der Waals surface area contributed by atoms with Gasteiger partial charge in [0.2, 0.25) is 0 Å². The summed E-state index contributed by atoms with van der Waals surface area (Å²) in [6, 6.07) is 12.4. The molecule has 1 N–H and O–H groups in total. The Morgan fingerprint density at radius 1 is 1.19 bits per heavy atom. The molecule has 0 bridgehead atoms. The van der Waals surface area contributed by atoms with Crippen molar-refractivity contribution in [2.24, 2.45) is 7.05 Å². The van der Waals surface area contributed by atoms with Crippen molar-refractivity contribution in [1.82, 2.24) is 20.1 Å². The number of aryl methyl sites for hydroxylation is 1. The molecule has 0 radical (unpaired) electrons. The van der Waals surface area contributed by atoms with Crippen LogP contribution in [0.5, 0.6) is 0 Å². The van der Waals surface area contributed by atoms with Gasteiger partial charge in [0.15, 0.2) is 0 Å². The monoisotopic (exact) mass is 298 g/mol. The Hall–Kier alpha value is -1.98. The second kappa shape index (κ2) is 6.20. The molecule has 0 unspecified atom stereocenters. The Morgan fingerprint density at radius 2 is 2.00 bits per heavy atom. The second-order valence-corrected chi connectivity index (χ2v) is 5.97. The number of likely N-dealkylation sites (N-methyl/N-ethyl adjacent to an activating group) is 1. The van der Waals surface area contributed by atoms with Crippen LogP contribution in [0.1, 0.15) is 4.88 Å². The average Bonchev–Trinajstić information content (AvgIpc) is 3.12. The zero-order valence-corrected chi connectivity index (χ0v) is 13.0. The van der Waals surface area contributed by atoms with Crippen molar-refractivity contribution >= 4 is 11.3 Å². The standard InChI is InChI=1S/C16H18N4S/c1-17-10-8-14-15(12-6-4-3-5-7-12)18-16(21-14)13-9-11-20(2)19-13/h3-7,9,11,17H,8,10H2,1-2H3. The van der Waals surface area contributed by atoms with Crippen LogP contribution in [0.25, 0.3) is 22.0 Å². The van der Waals surface area contributed by atoms with E-state index in [4.69, 9.17) is 4.98 Å². The first-order valence-electron chi connectivity index (χ1n) is 6.97. The molecule has 0 aliphatic rings. The van der Waals surface area contributed by atoms with Gasteiger partial charge >= 0.3 is 0 Å². The maximum absolute atomic E-state index is 4.83. The topological polar surface area (TPSA) is 42.7 Å². The summed E-state index contributed by atoms with van der Waals surface area (Å²) in [5, 5.41) is 8.65. The highest BCUT2D eigenvalue weighted by atomic mass is 32.1. The quantitative estimate of drug-likeness (QED) is 0.787. The number of aromatic nitrogens is 3. The first kappa shape index (κ1) is 14.0. The van der Waals surface area contributed by atoms with Crippen LogP contribution in [-0.2, 0) is 13.5 Å². The van der Waals surface area contributed by atoms with Crippen molar-refractivity contribution in [2.45, 2.75) is 6.42 Å².